The van der Waals surface area contributed by atoms with Gasteiger partial charge in [0, 0.05) is 28.8 Å². The van der Waals surface area contributed by atoms with E-state index in [-0.39, 0.29) is 17.9 Å². The van der Waals surface area contributed by atoms with Crippen LogP contribution < -0.4 is 5.73 Å². The Kier molecular flexibility index (Phi) is 6.04. The third-order valence-corrected chi connectivity index (χ3v) is 7.42. The normalized spacial score (nSPS) is 17.8. The van der Waals surface area contributed by atoms with Gasteiger partial charge in [0.05, 0.1) is 29.1 Å². The number of pyridine rings is 1. The Balaban J connectivity index is 1.39. The number of carbonyl (C=O) groups excluding carboxylic acids is 1. The van der Waals surface area contributed by atoms with Crippen LogP contribution >= 0.6 is 0 Å². The number of nitrogens with zero attached hydrogens (tertiary/aromatic N) is 4. The fourth-order valence-electron chi connectivity index (χ4n) is 5.51. The molecular weight excluding hydrogens is 462 g/mol. The Labute approximate surface area is 215 Å². The molecule has 0 atom stereocenters. The minimum absolute atomic E-state index is 0.0254. The Morgan fingerprint density at radius 1 is 1.00 bits per heavy atom. The van der Waals surface area contributed by atoms with Gasteiger partial charge in [-0.25, -0.2) is 15.0 Å². The van der Waals surface area contributed by atoms with Crippen molar-refractivity contribution in [1.29, 1.82) is 0 Å². The summed E-state index contributed by atoms with van der Waals surface area (Å²) in [7, 11) is 0. The van der Waals surface area contributed by atoms with Gasteiger partial charge in [0.25, 0.3) is 0 Å². The van der Waals surface area contributed by atoms with Gasteiger partial charge in [0.1, 0.15) is 17.8 Å². The van der Waals surface area contributed by atoms with Gasteiger partial charge in [-0.3, -0.25) is 4.79 Å². The molecular formula is C30H29N5O2. The second kappa shape index (κ2) is 9.65. The summed E-state index contributed by atoms with van der Waals surface area (Å²) in [6.07, 6.45) is 7.05. The number of ether oxygens (including phenoxy) is 1. The molecule has 0 saturated heterocycles. The number of esters is 1. The van der Waals surface area contributed by atoms with Crippen molar-refractivity contribution in [2.75, 3.05) is 12.3 Å². The first kappa shape index (κ1) is 23.2. The van der Waals surface area contributed by atoms with E-state index in [4.69, 9.17) is 15.5 Å². The van der Waals surface area contributed by atoms with Crippen LogP contribution in [0.5, 0.6) is 0 Å². The van der Waals surface area contributed by atoms with E-state index < -0.39 is 0 Å². The van der Waals surface area contributed by atoms with Crippen molar-refractivity contribution in [3.05, 3.63) is 73.2 Å². The van der Waals surface area contributed by atoms with Crippen molar-refractivity contribution >= 4 is 33.7 Å². The number of hydrogen-bond acceptors (Lipinski definition) is 6. The second-order valence-electron chi connectivity index (χ2n) is 9.64. The molecule has 0 amide bonds. The average Bonchev–Trinajstić information content (AvgIpc) is 3.34. The molecule has 1 aliphatic carbocycles. The van der Waals surface area contributed by atoms with Gasteiger partial charge in [0.15, 0.2) is 0 Å². The molecule has 3 aromatic heterocycles. The zero-order valence-corrected chi connectivity index (χ0v) is 20.8. The number of nitrogen functional groups attached to an aromatic ring is 1. The topological polar surface area (TPSA) is 95.9 Å². The lowest BCUT2D eigenvalue weighted by Gasteiger charge is -2.28. The highest BCUT2D eigenvalue weighted by Gasteiger charge is 2.29. The minimum Gasteiger partial charge on any atom is -0.466 e. The predicted molar refractivity (Wildman–Crippen MR) is 146 cm³/mol. The molecule has 7 heteroatoms. The van der Waals surface area contributed by atoms with Crippen LogP contribution in [0.4, 0.5) is 5.82 Å². The van der Waals surface area contributed by atoms with Crippen molar-refractivity contribution < 1.29 is 9.53 Å². The van der Waals surface area contributed by atoms with Crippen LogP contribution in [0, 0.1) is 5.92 Å². The van der Waals surface area contributed by atoms with Crippen LogP contribution in [0.15, 0.2) is 73.2 Å². The number of aromatic nitrogens is 4. The maximum atomic E-state index is 12.2. The Morgan fingerprint density at radius 3 is 2.57 bits per heavy atom. The van der Waals surface area contributed by atoms with Crippen LogP contribution in [0.3, 0.4) is 0 Å². The SMILES string of the molecule is CCOC(=O)C1CCC(n2cc(-c3ccc4ccc(-c5ccccc5)nc4c3)c3c(N)ncnc32)CC1. The number of hydrogen-bond donors (Lipinski definition) is 1. The Bertz CT molecular complexity index is 1590. The van der Waals surface area contributed by atoms with Crippen molar-refractivity contribution in [2.45, 2.75) is 38.6 Å². The van der Waals surface area contributed by atoms with Gasteiger partial charge in [-0.05, 0) is 50.3 Å². The minimum atomic E-state index is -0.0795. The van der Waals surface area contributed by atoms with E-state index >= 15 is 0 Å². The molecule has 0 unspecified atom stereocenters. The monoisotopic (exact) mass is 491 g/mol. The molecule has 0 aliphatic heterocycles. The first-order valence-corrected chi connectivity index (χ1v) is 12.9. The van der Waals surface area contributed by atoms with Crippen LogP contribution in [0.25, 0.3) is 44.3 Å². The highest BCUT2D eigenvalue weighted by molar-refractivity contribution is 6.02. The summed E-state index contributed by atoms with van der Waals surface area (Å²) in [5.41, 5.74) is 12.2. The molecule has 1 aliphatic rings. The Hall–Kier alpha value is -4.26. The van der Waals surface area contributed by atoms with Gasteiger partial charge in [-0.1, -0.05) is 48.5 Å². The average molecular weight is 492 g/mol. The molecule has 2 aromatic carbocycles. The van der Waals surface area contributed by atoms with Gasteiger partial charge >= 0.3 is 5.97 Å². The zero-order valence-electron chi connectivity index (χ0n) is 20.8. The molecule has 7 nitrogen and oxygen atoms in total. The highest BCUT2D eigenvalue weighted by atomic mass is 16.5. The molecule has 6 rings (SSSR count). The summed E-state index contributed by atoms with van der Waals surface area (Å²) in [6.45, 7) is 2.28. The maximum absolute atomic E-state index is 12.2. The van der Waals surface area contributed by atoms with Crippen LogP contribution in [0.1, 0.15) is 38.6 Å². The molecule has 5 aromatic rings. The standard InChI is InChI=1S/C30H29N5O2/c1-2-37-30(36)21-10-13-23(14-11-21)35-17-24(27-28(31)32-18-33-29(27)35)22-9-8-20-12-15-25(34-26(20)16-22)19-6-4-3-5-7-19/h3-9,12,15-18,21,23H,2,10-11,13-14H2,1H3,(H2,31,32,33). The van der Waals surface area contributed by atoms with Gasteiger partial charge in [-0.15, -0.1) is 0 Å². The number of benzene rings is 2. The molecule has 1 saturated carbocycles. The molecule has 2 N–H and O–H groups in total. The van der Waals surface area contributed by atoms with Gasteiger partial charge in [-0.2, -0.15) is 0 Å². The summed E-state index contributed by atoms with van der Waals surface area (Å²) in [4.78, 5) is 26.1. The third kappa shape index (κ3) is 4.31. The van der Waals surface area contributed by atoms with E-state index in [2.05, 4.69) is 63.2 Å². The maximum Gasteiger partial charge on any atom is 0.308 e. The molecule has 1 fully saturated rings. The van der Waals surface area contributed by atoms with Crippen molar-refractivity contribution in [1.82, 2.24) is 19.5 Å². The van der Waals surface area contributed by atoms with Crippen molar-refractivity contribution in [3.8, 4) is 22.4 Å². The zero-order chi connectivity index (χ0) is 25.4. The summed E-state index contributed by atoms with van der Waals surface area (Å²) >= 11 is 0. The lowest BCUT2D eigenvalue weighted by atomic mass is 9.86. The lowest BCUT2D eigenvalue weighted by Crippen LogP contribution is -2.25. The van der Waals surface area contributed by atoms with E-state index in [9.17, 15) is 4.79 Å². The number of anilines is 1. The smallest absolute Gasteiger partial charge is 0.308 e. The van der Waals surface area contributed by atoms with Crippen LogP contribution in [-0.4, -0.2) is 32.1 Å². The number of fused-ring (bicyclic) bond motifs is 2. The highest BCUT2D eigenvalue weighted by Crippen LogP contribution is 2.40. The van der Waals surface area contributed by atoms with Crippen LogP contribution in [-0.2, 0) is 9.53 Å². The summed E-state index contributed by atoms with van der Waals surface area (Å²) in [5.74, 6) is 0.358. The third-order valence-electron chi connectivity index (χ3n) is 7.42. The summed E-state index contributed by atoms with van der Waals surface area (Å²) in [6, 6.07) is 20.9. The molecule has 186 valence electrons. The fourth-order valence-corrected chi connectivity index (χ4v) is 5.51. The van der Waals surface area contributed by atoms with E-state index in [1.54, 1.807) is 0 Å². The number of rotatable bonds is 5. The van der Waals surface area contributed by atoms with E-state index in [0.717, 1.165) is 70.0 Å². The van der Waals surface area contributed by atoms with E-state index in [0.29, 0.717) is 12.4 Å². The molecule has 3 heterocycles. The van der Waals surface area contributed by atoms with E-state index in [1.807, 2.05) is 25.1 Å². The second-order valence-corrected chi connectivity index (χ2v) is 9.64. The molecule has 0 bridgehead atoms. The quantitative estimate of drug-likeness (QED) is 0.295. The van der Waals surface area contributed by atoms with Crippen LogP contribution in [0.2, 0.25) is 0 Å². The van der Waals surface area contributed by atoms with Gasteiger partial charge in [0.2, 0.25) is 0 Å². The van der Waals surface area contributed by atoms with Gasteiger partial charge < -0.3 is 15.0 Å². The first-order valence-electron chi connectivity index (χ1n) is 12.9. The summed E-state index contributed by atoms with van der Waals surface area (Å²) < 4.78 is 7.48. The van der Waals surface area contributed by atoms with E-state index in [1.165, 1.54) is 6.33 Å². The number of nitrogens with two attached hydrogens (primary N) is 1. The fraction of sp³-hybridized carbons (Fsp3) is 0.267. The molecule has 0 spiro atoms. The number of carbonyl (C=O) groups is 1. The predicted octanol–water partition coefficient (Wildman–Crippen LogP) is 6.19. The summed E-state index contributed by atoms with van der Waals surface area (Å²) in [5, 5.41) is 1.93. The van der Waals surface area contributed by atoms with Crippen molar-refractivity contribution in [3.63, 3.8) is 0 Å². The molecule has 0 radical (unpaired) electrons. The molecule has 37 heavy (non-hydrogen) atoms. The Morgan fingerprint density at radius 2 is 1.78 bits per heavy atom. The van der Waals surface area contributed by atoms with Crippen molar-refractivity contribution in [2.24, 2.45) is 5.92 Å². The first-order chi connectivity index (χ1) is 18.1. The largest absolute Gasteiger partial charge is 0.466 e. The lowest BCUT2D eigenvalue weighted by molar-refractivity contribution is -0.149.